The number of amides is 1. The van der Waals surface area contributed by atoms with E-state index in [0.717, 1.165) is 14.9 Å². The Bertz CT molecular complexity index is 1060. The number of nitrogens with one attached hydrogen (secondary N) is 1. The van der Waals surface area contributed by atoms with Gasteiger partial charge in [0.05, 0.1) is 26.7 Å². The topological polar surface area (TPSA) is 89.8 Å². The summed E-state index contributed by atoms with van der Waals surface area (Å²) >= 11 is 3.43. The maximum absolute atomic E-state index is 12.2. The zero-order valence-electron chi connectivity index (χ0n) is 16.3. The Labute approximate surface area is 176 Å². The summed E-state index contributed by atoms with van der Waals surface area (Å²) in [5.74, 6) is 0.343. The maximum Gasteiger partial charge on any atom is 0.302 e. The number of halogens is 1. The summed E-state index contributed by atoms with van der Waals surface area (Å²) in [6, 6.07) is 12.6. The fraction of sp³-hybridized carbons (Fsp3) is 0.250. The van der Waals surface area contributed by atoms with Gasteiger partial charge < -0.3 is 19.5 Å². The Balaban J connectivity index is 1.83. The number of azo groups is 1. The van der Waals surface area contributed by atoms with Crippen molar-refractivity contribution in [3.63, 3.8) is 0 Å². The van der Waals surface area contributed by atoms with Crippen LogP contribution in [-0.2, 0) is 11.5 Å². The molecule has 0 aliphatic heterocycles. The zero-order chi connectivity index (χ0) is 21.0. The number of carbonyl (C=O) groups is 1. The van der Waals surface area contributed by atoms with Crippen molar-refractivity contribution < 1.29 is 24.3 Å². The number of hydrogen-bond acceptors (Lipinski definition) is 5. The Hall–Kier alpha value is -2.91. The van der Waals surface area contributed by atoms with Crippen molar-refractivity contribution in [3.05, 3.63) is 46.9 Å². The molecule has 0 unspecified atom stereocenters. The van der Waals surface area contributed by atoms with Gasteiger partial charge in [-0.25, -0.2) is 0 Å². The first kappa shape index (κ1) is 20.8. The van der Waals surface area contributed by atoms with E-state index >= 15 is 0 Å². The molecule has 9 heteroatoms. The Morgan fingerprint density at radius 2 is 1.93 bits per heavy atom. The number of quaternary nitrogens is 1. The molecule has 2 N–H and O–H groups in total. The van der Waals surface area contributed by atoms with E-state index in [-0.39, 0.29) is 18.2 Å². The number of benzene rings is 2. The Kier molecular flexibility index (Phi) is 6.50. The van der Waals surface area contributed by atoms with E-state index in [2.05, 4.69) is 26.2 Å². The van der Waals surface area contributed by atoms with Gasteiger partial charge in [-0.05, 0) is 30.3 Å². The third kappa shape index (κ3) is 4.75. The van der Waals surface area contributed by atoms with Gasteiger partial charge in [-0.15, -0.1) is 10.2 Å². The van der Waals surface area contributed by atoms with E-state index in [4.69, 9.17) is 9.47 Å². The molecular formula is C20H22BrN4O4+. The van der Waals surface area contributed by atoms with Crippen LogP contribution in [0.4, 0.5) is 5.69 Å². The standard InChI is InChI=1S/C20H21BrN4O4/c1-24(2)12-25-15-9-8-13(21)10-14(15)19(20(25)27)23-22-18(26)11-29-17-7-5-4-6-16(17)28-3/h4-10,27H,11-12H2,1-3H3/p+1. The molecule has 8 nitrogen and oxygen atoms in total. The number of methoxy groups -OCH3 is 1. The van der Waals surface area contributed by atoms with Crippen LogP contribution >= 0.6 is 15.9 Å². The van der Waals surface area contributed by atoms with Crippen LogP contribution in [0.3, 0.4) is 0 Å². The van der Waals surface area contributed by atoms with Crippen molar-refractivity contribution in [2.45, 2.75) is 6.67 Å². The van der Waals surface area contributed by atoms with E-state index < -0.39 is 5.91 Å². The molecule has 0 atom stereocenters. The predicted octanol–water partition coefficient (Wildman–Crippen LogP) is 2.91. The van der Waals surface area contributed by atoms with E-state index in [1.54, 1.807) is 28.8 Å². The third-order valence-corrected chi connectivity index (χ3v) is 4.62. The summed E-state index contributed by atoms with van der Waals surface area (Å²) in [6.07, 6.45) is 0. The molecular weight excluding hydrogens is 440 g/mol. The van der Waals surface area contributed by atoms with Crippen LogP contribution < -0.4 is 14.4 Å². The number of nitrogens with zero attached hydrogens (tertiary/aromatic N) is 3. The second-order valence-corrected chi connectivity index (χ2v) is 7.58. The van der Waals surface area contributed by atoms with Crippen molar-refractivity contribution in [2.75, 3.05) is 27.8 Å². The average molecular weight is 462 g/mol. The molecule has 29 heavy (non-hydrogen) atoms. The SMILES string of the molecule is COc1ccccc1OCC(=O)N=Nc1c(O)n(C[NH+](C)C)c2ccc(Br)cc12. The van der Waals surface area contributed by atoms with Gasteiger partial charge in [0.2, 0.25) is 5.88 Å². The number of aromatic hydroxyl groups is 1. The molecule has 0 saturated heterocycles. The highest BCUT2D eigenvalue weighted by atomic mass is 79.9. The maximum atomic E-state index is 12.2. The highest BCUT2D eigenvalue weighted by Crippen LogP contribution is 2.39. The normalized spacial score (nSPS) is 11.5. The van der Waals surface area contributed by atoms with Crippen molar-refractivity contribution >= 4 is 38.4 Å². The van der Waals surface area contributed by atoms with E-state index in [0.29, 0.717) is 23.6 Å². The number of hydrogen-bond donors (Lipinski definition) is 2. The van der Waals surface area contributed by atoms with Gasteiger partial charge in [0.15, 0.2) is 30.5 Å². The number of aromatic nitrogens is 1. The first-order valence-corrected chi connectivity index (χ1v) is 9.70. The molecule has 2 aromatic carbocycles. The van der Waals surface area contributed by atoms with Gasteiger partial charge in [-0.2, -0.15) is 0 Å². The van der Waals surface area contributed by atoms with Gasteiger partial charge in [0.25, 0.3) is 0 Å². The summed E-state index contributed by atoms with van der Waals surface area (Å²) in [5.41, 5.74) is 1.05. The van der Waals surface area contributed by atoms with Gasteiger partial charge >= 0.3 is 5.91 Å². The summed E-state index contributed by atoms with van der Waals surface area (Å²) < 4.78 is 13.2. The molecule has 1 amide bonds. The summed E-state index contributed by atoms with van der Waals surface area (Å²) in [5, 5.41) is 19.1. The van der Waals surface area contributed by atoms with Crippen molar-refractivity contribution in [2.24, 2.45) is 10.2 Å². The van der Waals surface area contributed by atoms with Crippen molar-refractivity contribution in [3.8, 4) is 17.4 Å². The summed E-state index contributed by atoms with van der Waals surface area (Å²) in [6.45, 7) is 0.235. The number of fused-ring (bicyclic) bond motifs is 1. The van der Waals surface area contributed by atoms with Crippen LogP contribution in [-0.4, -0.2) is 43.4 Å². The van der Waals surface area contributed by atoms with E-state index in [9.17, 15) is 9.90 Å². The molecule has 1 aromatic heterocycles. The number of carbonyl (C=O) groups excluding carboxylic acids is 1. The Morgan fingerprint density at radius 1 is 1.21 bits per heavy atom. The first-order chi connectivity index (χ1) is 13.9. The highest BCUT2D eigenvalue weighted by molar-refractivity contribution is 9.10. The molecule has 3 aromatic rings. The second kappa shape index (κ2) is 9.06. The molecule has 152 valence electrons. The first-order valence-electron chi connectivity index (χ1n) is 8.91. The molecule has 0 spiro atoms. The molecule has 0 aliphatic carbocycles. The minimum Gasteiger partial charge on any atom is -0.493 e. The summed E-state index contributed by atoms with van der Waals surface area (Å²) in [4.78, 5) is 13.3. The van der Waals surface area contributed by atoms with Crippen molar-refractivity contribution in [1.29, 1.82) is 0 Å². The molecule has 0 bridgehead atoms. The van der Waals surface area contributed by atoms with Gasteiger partial charge in [0, 0.05) is 9.86 Å². The fourth-order valence-electron chi connectivity index (χ4n) is 2.88. The van der Waals surface area contributed by atoms with Gasteiger partial charge in [-0.3, -0.25) is 9.36 Å². The van der Waals surface area contributed by atoms with Crippen LogP contribution in [0.25, 0.3) is 10.9 Å². The lowest BCUT2D eigenvalue weighted by atomic mass is 10.2. The molecule has 1 heterocycles. The Morgan fingerprint density at radius 3 is 2.62 bits per heavy atom. The monoisotopic (exact) mass is 461 g/mol. The second-order valence-electron chi connectivity index (χ2n) is 6.66. The minimum absolute atomic E-state index is 0.0403. The smallest absolute Gasteiger partial charge is 0.302 e. The van der Waals surface area contributed by atoms with Crippen LogP contribution in [0.5, 0.6) is 17.4 Å². The van der Waals surface area contributed by atoms with Crippen LogP contribution in [0.15, 0.2) is 57.2 Å². The quantitative estimate of drug-likeness (QED) is 0.529. The third-order valence-electron chi connectivity index (χ3n) is 4.13. The zero-order valence-corrected chi connectivity index (χ0v) is 17.9. The van der Waals surface area contributed by atoms with Crippen molar-refractivity contribution in [1.82, 2.24) is 4.57 Å². The lowest BCUT2D eigenvalue weighted by molar-refractivity contribution is -0.882. The number of rotatable bonds is 7. The molecule has 3 rings (SSSR count). The fourth-order valence-corrected chi connectivity index (χ4v) is 3.24. The number of ether oxygens (including phenoxy) is 2. The van der Waals surface area contributed by atoms with Crippen LogP contribution in [0.2, 0.25) is 0 Å². The van der Waals surface area contributed by atoms with E-state index in [1.165, 1.54) is 7.11 Å². The molecule has 0 radical (unpaired) electrons. The predicted molar refractivity (Wildman–Crippen MR) is 112 cm³/mol. The van der Waals surface area contributed by atoms with Crippen LogP contribution in [0.1, 0.15) is 0 Å². The van der Waals surface area contributed by atoms with Crippen LogP contribution in [0, 0.1) is 0 Å². The van der Waals surface area contributed by atoms with E-state index in [1.807, 2.05) is 32.3 Å². The summed E-state index contributed by atoms with van der Waals surface area (Å²) in [7, 11) is 5.48. The highest BCUT2D eigenvalue weighted by Gasteiger charge is 2.19. The minimum atomic E-state index is -0.579. The largest absolute Gasteiger partial charge is 0.493 e. The molecule has 0 fully saturated rings. The molecule has 0 saturated carbocycles. The number of para-hydroxylation sites is 2. The lowest BCUT2D eigenvalue weighted by Gasteiger charge is -2.10. The average Bonchev–Trinajstić information content (AvgIpc) is 2.95. The van der Waals surface area contributed by atoms with Gasteiger partial charge in [-0.1, -0.05) is 28.1 Å². The molecule has 0 aliphatic rings. The van der Waals surface area contributed by atoms with Gasteiger partial charge in [0.1, 0.15) is 0 Å². The lowest BCUT2D eigenvalue weighted by Crippen LogP contribution is -3.04.